The molecule has 2 atom stereocenters. The highest BCUT2D eigenvalue weighted by Crippen LogP contribution is 2.08. The van der Waals surface area contributed by atoms with Crippen LogP contribution in [-0.4, -0.2) is 30.2 Å². The Morgan fingerprint density at radius 1 is 1.33 bits per heavy atom. The number of carbonyl (C=O) groups excluding carboxylic acids is 1. The maximum atomic E-state index is 11.4. The minimum absolute atomic E-state index is 0.0623. The molecule has 4 N–H and O–H groups in total. The molecule has 15 heavy (non-hydrogen) atoms. The van der Waals surface area contributed by atoms with Crippen LogP contribution in [0.2, 0.25) is 0 Å². The minimum atomic E-state index is 0.0623. The molecule has 0 saturated heterocycles. The third-order valence-electron chi connectivity index (χ3n) is 2.49. The van der Waals surface area contributed by atoms with Crippen molar-refractivity contribution in [3.8, 4) is 0 Å². The van der Waals surface area contributed by atoms with Crippen LogP contribution < -0.4 is 11.1 Å². The van der Waals surface area contributed by atoms with Gasteiger partial charge in [0, 0.05) is 19.1 Å². The van der Waals surface area contributed by atoms with E-state index in [0.717, 1.165) is 12.8 Å². The molecule has 0 spiro atoms. The van der Waals surface area contributed by atoms with E-state index >= 15 is 0 Å². The van der Waals surface area contributed by atoms with Gasteiger partial charge in [0.15, 0.2) is 0 Å². The van der Waals surface area contributed by atoms with E-state index in [1.54, 1.807) is 0 Å². The smallest absolute Gasteiger partial charge is 0.220 e. The second-order valence-electron chi connectivity index (χ2n) is 4.20. The van der Waals surface area contributed by atoms with Crippen LogP contribution in [0.3, 0.4) is 0 Å². The summed E-state index contributed by atoms with van der Waals surface area (Å²) in [4.78, 5) is 11.4. The first-order valence-corrected chi connectivity index (χ1v) is 5.70. The maximum absolute atomic E-state index is 11.4. The number of hydrogen-bond acceptors (Lipinski definition) is 3. The molecule has 0 aliphatic carbocycles. The molecule has 90 valence electrons. The zero-order valence-electron chi connectivity index (χ0n) is 9.83. The Balaban J connectivity index is 3.56. The molecule has 0 aromatic rings. The fraction of sp³-hybridized carbons (Fsp3) is 0.909. The summed E-state index contributed by atoms with van der Waals surface area (Å²) in [6.45, 7) is 4.81. The second-order valence-corrected chi connectivity index (χ2v) is 4.20. The Hall–Kier alpha value is -0.610. The van der Waals surface area contributed by atoms with Crippen molar-refractivity contribution in [1.29, 1.82) is 0 Å². The summed E-state index contributed by atoms with van der Waals surface area (Å²) in [7, 11) is 0. The highest BCUT2D eigenvalue weighted by Gasteiger charge is 2.08. The molecule has 0 saturated carbocycles. The molecule has 4 nitrogen and oxygen atoms in total. The normalized spacial score (nSPS) is 14.7. The van der Waals surface area contributed by atoms with Crippen LogP contribution >= 0.6 is 0 Å². The number of nitrogens with two attached hydrogens (primary N) is 1. The van der Waals surface area contributed by atoms with Crippen LogP contribution in [0.1, 0.15) is 39.5 Å². The third-order valence-corrected chi connectivity index (χ3v) is 2.49. The molecule has 0 heterocycles. The number of aliphatic hydroxyl groups excluding tert-OH is 1. The summed E-state index contributed by atoms with van der Waals surface area (Å²) in [6.07, 6.45) is 3.02. The SMILES string of the molecule is CC(CCN)CCC(=O)NC(C)CCO. The van der Waals surface area contributed by atoms with E-state index in [2.05, 4.69) is 12.2 Å². The molecule has 0 bridgehead atoms. The molecule has 0 aliphatic rings. The Labute approximate surface area is 92.2 Å². The van der Waals surface area contributed by atoms with Crippen LogP contribution in [0.15, 0.2) is 0 Å². The summed E-state index contributed by atoms with van der Waals surface area (Å²) in [5, 5.41) is 11.5. The Morgan fingerprint density at radius 3 is 2.53 bits per heavy atom. The van der Waals surface area contributed by atoms with Crippen LogP contribution in [0.25, 0.3) is 0 Å². The van der Waals surface area contributed by atoms with E-state index in [4.69, 9.17) is 10.8 Å². The van der Waals surface area contributed by atoms with E-state index in [-0.39, 0.29) is 18.6 Å². The highest BCUT2D eigenvalue weighted by atomic mass is 16.3. The van der Waals surface area contributed by atoms with Crippen LogP contribution in [0.5, 0.6) is 0 Å². The first-order valence-electron chi connectivity index (χ1n) is 5.70. The van der Waals surface area contributed by atoms with E-state index < -0.39 is 0 Å². The maximum Gasteiger partial charge on any atom is 0.220 e. The van der Waals surface area contributed by atoms with Crippen LogP contribution in [-0.2, 0) is 4.79 Å². The van der Waals surface area contributed by atoms with E-state index in [0.29, 0.717) is 25.3 Å². The lowest BCUT2D eigenvalue weighted by atomic mass is 10.0. The zero-order valence-corrected chi connectivity index (χ0v) is 9.83. The summed E-state index contributed by atoms with van der Waals surface area (Å²) in [5.41, 5.74) is 5.43. The van der Waals surface area contributed by atoms with E-state index in [1.807, 2.05) is 6.92 Å². The van der Waals surface area contributed by atoms with Crippen molar-refractivity contribution in [2.24, 2.45) is 11.7 Å². The number of hydrogen-bond donors (Lipinski definition) is 3. The van der Waals surface area contributed by atoms with Gasteiger partial charge in [-0.1, -0.05) is 6.92 Å². The van der Waals surface area contributed by atoms with E-state index in [9.17, 15) is 4.79 Å². The van der Waals surface area contributed by atoms with Crippen molar-refractivity contribution in [2.75, 3.05) is 13.2 Å². The largest absolute Gasteiger partial charge is 0.396 e. The highest BCUT2D eigenvalue weighted by molar-refractivity contribution is 5.76. The lowest BCUT2D eigenvalue weighted by molar-refractivity contribution is -0.122. The Kier molecular flexibility index (Phi) is 8.33. The fourth-order valence-electron chi connectivity index (χ4n) is 1.42. The summed E-state index contributed by atoms with van der Waals surface area (Å²) < 4.78 is 0. The molecule has 4 heteroatoms. The van der Waals surface area contributed by atoms with Gasteiger partial charge in [-0.2, -0.15) is 0 Å². The van der Waals surface area contributed by atoms with Gasteiger partial charge in [0.05, 0.1) is 0 Å². The molecular weight excluding hydrogens is 192 g/mol. The topological polar surface area (TPSA) is 75.4 Å². The van der Waals surface area contributed by atoms with Crippen molar-refractivity contribution < 1.29 is 9.90 Å². The standard InChI is InChI=1S/C11H24N2O2/c1-9(5-7-12)3-4-11(15)13-10(2)6-8-14/h9-10,14H,3-8,12H2,1-2H3,(H,13,15). The van der Waals surface area contributed by atoms with Crippen molar-refractivity contribution >= 4 is 5.91 Å². The average Bonchev–Trinajstić information content (AvgIpc) is 2.15. The van der Waals surface area contributed by atoms with E-state index in [1.165, 1.54) is 0 Å². The molecule has 0 aromatic heterocycles. The van der Waals surface area contributed by atoms with Gasteiger partial charge >= 0.3 is 0 Å². The second kappa shape index (κ2) is 8.68. The first-order chi connectivity index (χ1) is 7.10. The van der Waals surface area contributed by atoms with Gasteiger partial charge in [-0.3, -0.25) is 4.79 Å². The lowest BCUT2D eigenvalue weighted by Crippen LogP contribution is -2.33. The number of carbonyl (C=O) groups is 1. The third kappa shape index (κ3) is 8.39. The monoisotopic (exact) mass is 216 g/mol. The lowest BCUT2D eigenvalue weighted by Gasteiger charge is -2.14. The number of nitrogens with one attached hydrogen (secondary N) is 1. The number of amides is 1. The average molecular weight is 216 g/mol. The molecule has 0 fully saturated rings. The molecule has 0 rings (SSSR count). The van der Waals surface area contributed by atoms with Gasteiger partial charge in [-0.25, -0.2) is 0 Å². The van der Waals surface area contributed by atoms with Gasteiger partial charge in [0.1, 0.15) is 0 Å². The zero-order chi connectivity index (χ0) is 11.7. The van der Waals surface area contributed by atoms with Crippen LogP contribution in [0.4, 0.5) is 0 Å². The number of rotatable bonds is 8. The van der Waals surface area contributed by atoms with Gasteiger partial charge in [0.25, 0.3) is 0 Å². The molecule has 2 unspecified atom stereocenters. The van der Waals surface area contributed by atoms with Gasteiger partial charge in [0.2, 0.25) is 5.91 Å². The molecule has 1 amide bonds. The quantitative estimate of drug-likeness (QED) is 0.557. The predicted molar refractivity (Wildman–Crippen MR) is 61.4 cm³/mol. The predicted octanol–water partition coefficient (Wildman–Crippen LogP) is 0.639. The fourth-order valence-corrected chi connectivity index (χ4v) is 1.42. The van der Waals surface area contributed by atoms with Crippen molar-refractivity contribution in [2.45, 2.75) is 45.6 Å². The van der Waals surface area contributed by atoms with Crippen molar-refractivity contribution in [3.63, 3.8) is 0 Å². The van der Waals surface area contributed by atoms with Crippen molar-refractivity contribution in [1.82, 2.24) is 5.32 Å². The van der Waals surface area contributed by atoms with Gasteiger partial charge < -0.3 is 16.2 Å². The Bertz CT molecular complexity index is 174. The summed E-state index contributed by atoms with van der Waals surface area (Å²) in [6, 6.07) is 0.0623. The minimum Gasteiger partial charge on any atom is -0.396 e. The van der Waals surface area contributed by atoms with Gasteiger partial charge in [-0.15, -0.1) is 0 Å². The first kappa shape index (κ1) is 14.4. The summed E-state index contributed by atoms with van der Waals surface area (Å²) >= 11 is 0. The Morgan fingerprint density at radius 2 is 2.00 bits per heavy atom. The van der Waals surface area contributed by atoms with Gasteiger partial charge in [-0.05, 0) is 38.6 Å². The molecular formula is C11H24N2O2. The molecule has 0 radical (unpaired) electrons. The van der Waals surface area contributed by atoms with Crippen LogP contribution in [0, 0.1) is 5.92 Å². The molecule has 0 aliphatic heterocycles. The number of aliphatic hydroxyl groups is 1. The van der Waals surface area contributed by atoms with Crippen molar-refractivity contribution in [3.05, 3.63) is 0 Å². The summed E-state index contributed by atoms with van der Waals surface area (Å²) in [5.74, 6) is 0.578. The molecule has 0 aromatic carbocycles.